The second kappa shape index (κ2) is 8.33. The van der Waals surface area contributed by atoms with Crippen molar-refractivity contribution in [3.8, 4) is 0 Å². The summed E-state index contributed by atoms with van der Waals surface area (Å²) in [6.45, 7) is 2.03. The first-order chi connectivity index (χ1) is 13.0. The zero-order chi connectivity index (χ0) is 19.4. The van der Waals surface area contributed by atoms with Gasteiger partial charge in [0.25, 0.3) is 5.70 Å². The number of thiophene rings is 1. The van der Waals surface area contributed by atoms with Crippen LogP contribution in [0, 0.1) is 6.92 Å². The summed E-state index contributed by atoms with van der Waals surface area (Å²) in [5, 5.41) is 16.1. The smallest absolute Gasteiger partial charge is 0.289 e. The number of aromatic nitrogens is 1. The van der Waals surface area contributed by atoms with Crippen LogP contribution in [0.5, 0.6) is 0 Å². The lowest BCUT2D eigenvalue weighted by molar-refractivity contribution is -0.575. The number of hydrogen-bond donors (Lipinski definition) is 2. The molecule has 6 heteroatoms. The van der Waals surface area contributed by atoms with Crippen molar-refractivity contribution in [2.45, 2.75) is 6.92 Å². The summed E-state index contributed by atoms with van der Waals surface area (Å²) in [6, 6.07) is 15.7. The van der Waals surface area contributed by atoms with Gasteiger partial charge in [0, 0.05) is 37.6 Å². The van der Waals surface area contributed by atoms with E-state index in [1.54, 1.807) is 0 Å². The maximum Gasteiger partial charge on any atom is 0.289 e. The molecule has 0 saturated heterocycles. The van der Waals surface area contributed by atoms with Crippen molar-refractivity contribution < 1.29 is 9.67 Å². The van der Waals surface area contributed by atoms with E-state index >= 15 is 0 Å². The van der Waals surface area contributed by atoms with Crippen LogP contribution in [0.15, 0.2) is 66.3 Å². The molecule has 0 radical (unpaired) electrons. The molecule has 1 aromatic carbocycles. The third-order valence-corrected chi connectivity index (χ3v) is 5.23. The zero-order valence-corrected chi connectivity index (χ0v) is 17.1. The second-order valence-corrected chi connectivity index (χ2v) is 7.71. The van der Waals surface area contributed by atoms with Crippen molar-refractivity contribution in [2.24, 2.45) is 0 Å². The van der Waals surface area contributed by atoms with Gasteiger partial charge in [-0.05, 0) is 36.1 Å². The van der Waals surface area contributed by atoms with Gasteiger partial charge in [-0.3, -0.25) is 0 Å². The summed E-state index contributed by atoms with van der Waals surface area (Å²) in [5.41, 5.74) is 3.64. The van der Waals surface area contributed by atoms with Crippen LogP contribution < -0.4 is 14.8 Å². The Bertz CT molecular complexity index is 961. The maximum absolute atomic E-state index is 10.9. The van der Waals surface area contributed by atoms with Gasteiger partial charge in [-0.2, -0.15) is 4.57 Å². The molecule has 0 aliphatic heterocycles. The molecule has 0 spiro atoms. The average Bonchev–Trinajstić information content (AvgIpc) is 3.17. The topological polar surface area (TPSA) is 39.4 Å². The van der Waals surface area contributed by atoms with Crippen molar-refractivity contribution in [1.29, 1.82) is 0 Å². The van der Waals surface area contributed by atoms with E-state index in [4.69, 9.17) is 12.2 Å². The first kappa shape index (κ1) is 19.1. The van der Waals surface area contributed by atoms with Gasteiger partial charge >= 0.3 is 0 Å². The fraction of sp³-hybridized carbons (Fsp3) is 0.143. The van der Waals surface area contributed by atoms with Gasteiger partial charge in [0.2, 0.25) is 5.76 Å². The number of aliphatic hydroxyl groups excluding tert-OH is 1. The van der Waals surface area contributed by atoms with Gasteiger partial charge in [0.1, 0.15) is 0 Å². The molecule has 27 heavy (non-hydrogen) atoms. The third-order valence-electron chi connectivity index (χ3n) is 4.06. The molecule has 2 N–H and O–H groups in total. The maximum atomic E-state index is 10.9. The molecule has 4 nitrogen and oxygen atoms in total. The monoisotopic (exact) mass is 396 g/mol. The number of anilines is 2. The lowest BCUT2D eigenvalue weighted by Crippen LogP contribution is -2.38. The fourth-order valence-electron chi connectivity index (χ4n) is 2.66. The Morgan fingerprint density at radius 1 is 1.11 bits per heavy atom. The first-order valence-corrected chi connectivity index (χ1v) is 9.78. The van der Waals surface area contributed by atoms with Crippen LogP contribution in [0.3, 0.4) is 0 Å². The number of pyridine rings is 1. The molecule has 0 saturated carbocycles. The minimum Gasteiger partial charge on any atom is -0.501 e. The Kier molecular flexibility index (Phi) is 5.88. The SMILES string of the molecule is Cc1cccc(NC(=S)/C(=C(/O)c2cccs2)[n+]2ccc(N(C)C)cc2)c1. The van der Waals surface area contributed by atoms with Crippen molar-refractivity contribution in [1.82, 2.24) is 0 Å². The van der Waals surface area contributed by atoms with Gasteiger partial charge in [-0.25, -0.2) is 0 Å². The lowest BCUT2D eigenvalue weighted by atomic mass is 10.2. The molecule has 0 atom stereocenters. The summed E-state index contributed by atoms with van der Waals surface area (Å²) in [7, 11) is 3.98. The molecule has 0 aliphatic carbocycles. The molecular formula is C21H22N3OS2+. The van der Waals surface area contributed by atoms with Gasteiger partial charge in [-0.15, -0.1) is 11.3 Å². The molecule has 0 fully saturated rings. The van der Waals surface area contributed by atoms with E-state index in [2.05, 4.69) is 5.32 Å². The standard InChI is InChI=1S/C21H21N3OS2/c1-15-6-4-7-16(14-15)22-21(26)19(20(25)18-8-5-13-27-18)24-11-9-17(10-12-24)23(2)3/h4-14H,1-3H3,(H-,22,25,26)/p+1. The number of nitrogens with one attached hydrogen (secondary N) is 1. The van der Waals surface area contributed by atoms with Crippen molar-refractivity contribution >= 4 is 51.4 Å². The van der Waals surface area contributed by atoms with E-state index in [-0.39, 0.29) is 5.76 Å². The van der Waals surface area contributed by atoms with Crippen molar-refractivity contribution in [3.63, 3.8) is 0 Å². The Morgan fingerprint density at radius 3 is 2.44 bits per heavy atom. The van der Waals surface area contributed by atoms with E-state index in [1.165, 1.54) is 11.3 Å². The Morgan fingerprint density at radius 2 is 1.85 bits per heavy atom. The molecule has 0 unspecified atom stereocenters. The van der Waals surface area contributed by atoms with Gasteiger partial charge < -0.3 is 15.3 Å². The highest BCUT2D eigenvalue weighted by atomic mass is 32.1. The summed E-state index contributed by atoms with van der Waals surface area (Å²) < 4.78 is 1.84. The van der Waals surface area contributed by atoms with E-state index in [1.807, 2.05) is 96.8 Å². The number of aryl methyl sites for hydroxylation is 1. The molecule has 0 amide bonds. The summed E-state index contributed by atoms with van der Waals surface area (Å²) in [6.07, 6.45) is 3.80. The van der Waals surface area contributed by atoms with E-state index in [0.29, 0.717) is 10.7 Å². The van der Waals surface area contributed by atoms with E-state index < -0.39 is 0 Å². The molecule has 3 rings (SSSR count). The summed E-state index contributed by atoms with van der Waals surface area (Å²) in [5.74, 6) is 0.151. The van der Waals surface area contributed by atoms with Crippen LogP contribution in [0.4, 0.5) is 11.4 Å². The average molecular weight is 397 g/mol. The third kappa shape index (κ3) is 4.53. The van der Waals surface area contributed by atoms with Crippen molar-refractivity contribution in [2.75, 3.05) is 24.3 Å². The zero-order valence-electron chi connectivity index (χ0n) is 15.5. The minimum absolute atomic E-state index is 0.151. The largest absolute Gasteiger partial charge is 0.501 e. The Balaban J connectivity index is 2.02. The van der Waals surface area contributed by atoms with Crippen LogP contribution in [0.25, 0.3) is 11.5 Å². The predicted octanol–water partition coefficient (Wildman–Crippen LogP) is 4.73. The van der Waals surface area contributed by atoms with Gasteiger partial charge in [-0.1, -0.05) is 30.4 Å². The predicted molar refractivity (Wildman–Crippen MR) is 118 cm³/mol. The normalized spacial score (nSPS) is 11.7. The van der Waals surface area contributed by atoms with Crippen LogP contribution in [-0.4, -0.2) is 24.2 Å². The van der Waals surface area contributed by atoms with Crippen LogP contribution >= 0.6 is 23.6 Å². The summed E-state index contributed by atoms with van der Waals surface area (Å²) in [4.78, 5) is 3.24. The quantitative estimate of drug-likeness (QED) is 0.283. The Labute approximate surface area is 169 Å². The number of hydrogen-bond acceptors (Lipinski definition) is 4. The van der Waals surface area contributed by atoms with Gasteiger partial charge in [0.05, 0.1) is 4.88 Å². The molecule has 2 heterocycles. The fourth-order valence-corrected chi connectivity index (χ4v) is 3.65. The lowest BCUT2D eigenvalue weighted by Gasteiger charge is -2.12. The van der Waals surface area contributed by atoms with Gasteiger partial charge in [0.15, 0.2) is 17.4 Å². The number of nitrogens with zero attached hydrogens (tertiary/aromatic N) is 2. The summed E-state index contributed by atoms with van der Waals surface area (Å²) >= 11 is 7.13. The highest BCUT2D eigenvalue weighted by Gasteiger charge is 2.24. The highest BCUT2D eigenvalue weighted by molar-refractivity contribution is 7.81. The van der Waals surface area contributed by atoms with Crippen LogP contribution in [0.2, 0.25) is 0 Å². The van der Waals surface area contributed by atoms with E-state index in [9.17, 15) is 5.11 Å². The van der Waals surface area contributed by atoms with E-state index in [0.717, 1.165) is 21.8 Å². The van der Waals surface area contributed by atoms with Crippen LogP contribution in [0.1, 0.15) is 10.4 Å². The number of rotatable bonds is 5. The molecule has 0 aliphatic rings. The Hall–Kier alpha value is -2.70. The second-order valence-electron chi connectivity index (χ2n) is 6.36. The molecule has 2 aromatic heterocycles. The first-order valence-electron chi connectivity index (χ1n) is 8.50. The molecule has 0 bridgehead atoms. The highest BCUT2D eigenvalue weighted by Crippen LogP contribution is 2.23. The number of benzene rings is 1. The molecule has 138 valence electrons. The minimum atomic E-state index is 0.151. The van der Waals surface area contributed by atoms with Crippen LogP contribution in [-0.2, 0) is 0 Å². The number of thiocarbonyl (C=S) groups is 1. The molecular weight excluding hydrogens is 374 g/mol. The van der Waals surface area contributed by atoms with Crippen molar-refractivity contribution in [3.05, 3.63) is 76.7 Å². The molecule has 3 aromatic rings. The number of aliphatic hydroxyl groups is 1.